The molecular formula is C12H23N5O2. The average molecular weight is 269 g/mol. The van der Waals surface area contributed by atoms with Crippen LogP contribution in [0.15, 0.2) is 4.52 Å². The fourth-order valence-electron chi connectivity index (χ4n) is 1.58. The molecule has 0 atom stereocenters. The number of rotatable bonds is 7. The van der Waals surface area contributed by atoms with E-state index in [2.05, 4.69) is 22.4 Å². The second-order valence-corrected chi connectivity index (χ2v) is 5.12. The fourth-order valence-corrected chi connectivity index (χ4v) is 1.58. The summed E-state index contributed by atoms with van der Waals surface area (Å²) >= 11 is 0. The van der Waals surface area contributed by atoms with Gasteiger partial charge >= 0.3 is 0 Å². The van der Waals surface area contributed by atoms with Gasteiger partial charge in [0.05, 0.1) is 18.6 Å². The van der Waals surface area contributed by atoms with Gasteiger partial charge in [0.2, 0.25) is 11.8 Å². The molecular weight excluding hydrogens is 246 g/mol. The Morgan fingerprint density at radius 3 is 2.68 bits per heavy atom. The first kappa shape index (κ1) is 15.6. The predicted molar refractivity (Wildman–Crippen MR) is 71.1 cm³/mol. The van der Waals surface area contributed by atoms with E-state index in [0.717, 1.165) is 13.0 Å². The highest BCUT2D eigenvalue weighted by Gasteiger charge is 2.22. The number of amides is 1. The van der Waals surface area contributed by atoms with Gasteiger partial charge in [0.25, 0.3) is 0 Å². The van der Waals surface area contributed by atoms with E-state index in [1.165, 1.54) is 0 Å². The second-order valence-electron chi connectivity index (χ2n) is 5.12. The SMILES string of the molecule is CCCN(CC(=O)NC)Cc1nc(C(C)(C)N)no1. The van der Waals surface area contributed by atoms with Gasteiger partial charge in [-0.15, -0.1) is 0 Å². The number of likely N-dealkylation sites (N-methyl/N-ethyl adjacent to an activating group) is 1. The molecule has 0 unspecified atom stereocenters. The van der Waals surface area contributed by atoms with E-state index in [0.29, 0.717) is 24.8 Å². The van der Waals surface area contributed by atoms with Crippen molar-refractivity contribution in [3.63, 3.8) is 0 Å². The van der Waals surface area contributed by atoms with Crippen molar-refractivity contribution < 1.29 is 9.32 Å². The lowest BCUT2D eigenvalue weighted by atomic mass is 10.1. The van der Waals surface area contributed by atoms with Crippen molar-refractivity contribution in [1.82, 2.24) is 20.4 Å². The van der Waals surface area contributed by atoms with Gasteiger partial charge in [-0.1, -0.05) is 12.1 Å². The van der Waals surface area contributed by atoms with Gasteiger partial charge in [0, 0.05) is 7.05 Å². The number of hydrogen-bond acceptors (Lipinski definition) is 6. The molecule has 0 saturated carbocycles. The van der Waals surface area contributed by atoms with Crippen molar-refractivity contribution in [1.29, 1.82) is 0 Å². The standard InChI is InChI=1S/C12H23N5O2/c1-5-6-17(7-9(18)14-4)8-10-15-11(16-19-10)12(2,3)13/h5-8,13H2,1-4H3,(H,14,18). The Hall–Kier alpha value is -1.47. The molecule has 1 heterocycles. The zero-order valence-electron chi connectivity index (χ0n) is 12.1. The minimum Gasteiger partial charge on any atom is -0.358 e. The summed E-state index contributed by atoms with van der Waals surface area (Å²) in [4.78, 5) is 17.6. The maximum Gasteiger partial charge on any atom is 0.240 e. The Morgan fingerprint density at radius 2 is 2.21 bits per heavy atom. The number of carbonyl (C=O) groups is 1. The van der Waals surface area contributed by atoms with Crippen LogP contribution in [0.4, 0.5) is 0 Å². The Balaban J connectivity index is 2.68. The van der Waals surface area contributed by atoms with Crippen LogP contribution in [-0.2, 0) is 16.9 Å². The topological polar surface area (TPSA) is 97.3 Å². The first-order valence-corrected chi connectivity index (χ1v) is 6.41. The zero-order valence-corrected chi connectivity index (χ0v) is 12.1. The van der Waals surface area contributed by atoms with Crippen LogP contribution in [0.1, 0.15) is 38.9 Å². The van der Waals surface area contributed by atoms with Crippen LogP contribution >= 0.6 is 0 Å². The summed E-state index contributed by atoms with van der Waals surface area (Å²) in [7, 11) is 1.62. The maximum absolute atomic E-state index is 11.4. The summed E-state index contributed by atoms with van der Waals surface area (Å²) in [6.45, 7) is 7.24. The van der Waals surface area contributed by atoms with Gasteiger partial charge in [-0.05, 0) is 26.8 Å². The molecule has 0 spiro atoms. The van der Waals surface area contributed by atoms with Crippen molar-refractivity contribution in [2.75, 3.05) is 20.1 Å². The van der Waals surface area contributed by atoms with Crippen LogP contribution in [0.3, 0.4) is 0 Å². The monoisotopic (exact) mass is 269 g/mol. The minimum atomic E-state index is -0.627. The van der Waals surface area contributed by atoms with Crippen molar-refractivity contribution >= 4 is 5.91 Å². The van der Waals surface area contributed by atoms with Crippen LogP contribution in [0.5, 0.6) is 0 Å². The predicted octanol–water partition coefficient (Wildman–Crippen LogP) is 0.221. The Bertz CT molecular complexity index is 410. The van der Waals surface area contributed by atoms with Crippen LogP contribution in [-0.4, -0.2) is 41.1 Å². The molecule has 7 heteroatoms. The van der Waals surface area contributed by atoms with Gasteiger partial charge in [-0.3, -0.25) is 9.69 Å². The van der Waals surface area contributed by atoms with Crippen molar-refractivity contribution in [3.8, 4) is 0 Å². The third-order valence-corrected chi connectivity index (χ3v) is 2.59. The van der Waals surface area contributed by atoms with Gasteiger partial charge in [-0.25, -0.2) is 0 Å². The van der Waals surface area contributed by atoms with Crippen molar-refractivity contribution in [3.05, 3.63) is 11.7 Å². The third-order valence-electron chi connectivity index (χ3n) is 2.59. The largest absolute Gasteiger partial charge is 0.358 e. The lowest BCUT2D eigenvalue weighted by Gasteiger charge is -2.18. The van der Waals surface area contributed by atoms with E-state index in [1.54, 1.807) is 7.05 Å². The molecule has 0 aliphatic rings. The summed E-state index contributed by atoms with van der Waals surface area (Å²) in [6.07, 6.45) is 0.945. The number of aromatic nitrogens is 2. The maximum atomic E-state index is 11.4. The molecule has 1 aromatic heterocycles. The number of nitrogens with two attached hydrogens (primary N) is 1. The summed E-state index contributed by atoms with van der Waals surface area (Å²) in [5, 5.41) is 6.46. The smallest absolute Gasteiger partial charge is 0.240 e. The van der Waals surface area contributed by atoms with E-state index < -0.39 is 5.54 Å². The zero-order chi connectivity index (χ0) is 14.5. The van der Waals surface area contributed by atoms with Crippen molar-refractivity contribution in [2.45, 2.75) is 39.3 Å². The Kier molecular flexibility index (Phi) is 5.44. The van der Waals surface area contributed by atoms with Crippen molar-refractivity contribution in [2.24, 2.45) is 5.73 Å². The molecule has 0 fully saturated rings. The minimum absolute atomic E-state index is 0.0349. The molecule has 0 aromatic carbocycles. The van der Waals surface area contributed by atoms with E-state index in [9.17, 15) is 4.79 Å². The average Bonchev–Trinajstić information content (AvgIpc) is 2.77. The van der Waals surface area contributed by atoms with Gasteiger partial charge in [0.15, 0.2) is 5.82 Å². The first-order chi connectivity index (χ1) is 8.86. The number of nitrogens with one attached hydrogen (secondary N) is 1. The van der Waals surface area contributed by atoms with E-state index >= 15 is 0 Å². The van der Waals surface area contributed by atoms with Crippen LogP contribution < -0.4 is 11.1 Å². The molecule has 0 aliphatic carbocycles. The first-order valence-electron chi connectivity index (χ1n) is 6.41. The summed E-state index contributed by atoms with van der Waals surface area (Å²) in [6, 6.07) is 0. The van der Waals surface area contributed by atoms with E-state index in [-0.39, 0.29) is 5.91 Å². The lowest BCUT2D eigenvalue weighted by Crippen LogP contribution is -2.36. The van der Waals surface area contributed by atoms with Crippen LogP contribution in [0, 0.1) is 0 Å². The Labute approximate surface area is 113 Å². The fraction of sp³-hybridized carbons (Fsp3) is 0.750. The molecule has 19 heavy (non-hydrogen) atoms. The molecule has 0 radical (unpaired) electrons. The second kappa shape index (κ2) is 6.63. The van der Waals surface area contributed by atoms with Gasteiger partial charge < -0.3 is 15.6 Å². The highest BCUT2D eigenvalue weighted by atomic mass is 16.5. The molecule has 0 bridgehead atoms. The molecule has 1 aromatic rings. The molecule has 0 saturated heterocycles. The highest BCUT2D eigenvalue weighted by Crippen LogP contribution is 2.13. The van der Waals surface area contributed by atoms with Crippen LogP contribution in [0.2, 0.25) is 0 Å². The van der Waals surface area contributed by atoms with E-state index in [4.69, 9.17) is 10.3 Å². The number of hydrogen-bond donors (Lipinski definition) is 2. The highest BCUT2D eigenvalue weighted by molar-refractivity contribution is 5.77. The van der Waals surface area contributed by atoms with Gasteiger partial charge in [0.1, 0.15) is 0 Å². The molecule has 1 amide bonds. The van der Waals surface area contributed by atoms with E-state index in [1.807, 2.05) is 18.7 Å². The normalized spacial score (nSPS) is 11.9. The lowest BCUT2D eigenvalue weighted by molar-refractivity contribution is -0.121. The van der Waals surface area contributed by atoms with Crippen LogP contribution in [0.25, 0.3) is 0 Å². The summed E-state index contributed by atoms with van der Waals surface area (Å²) in [5.74, 6) is 0.914. The third kappa shape index (κ3) is 4.96. The number of nitrogens with zero attached hydrogens (tertiary/aromatic N) is 3. The summed E-state index contributed by atoms with van der Waals surface area (Å²) < 4.78 is 5.17. The molecule has 108 valence electrons. The molecule has 0 aliphatic heterocycles. The van der Waals surface area contributed by atoms with Gasteiger partial charge in [-0.2, -0.15) is 4.98 Å². The molecule has 7 nitrogen and oxygen atoms in total. The Morgan fingerprint density at radius 1 is 1.53 bits per heavy atom. The molecule has 1 rings (SSSR count). The number of carbonyl (C=O) groups excluding carboxylic acids is 1. The molecule has 3 N–H and O–H groups in total. The quantitative estimate of drug-likeness (QED) is 0.735. The summed E-state index contributed by atoms with van der Waals surface area (Å²) in [5.41, 5.74) is 5.27.